The number of oxazole rings is 1. The van der Waals surface area contributed by atoms with E-state index >= 15 is 0 Å². The zero-order chi connectivity index (χ0) is 16.9. The van der Waals surface area contributed by atoms with E-state index < -0.39 is 0 Å². The van der Waals surface area contributed by atoms with Crippen LogP contribution in [0.1, 0.15) is 38.0 Å². The summed E-state index contributed by atoms with van der Waals surface area (Å²) in [6, 6.07) is 5.17. The zero-order valence-corrected chi connectivity index (χ0v) is 13.7. The SMILES string of the molecule is Cc1nc2cc(NC(=O)CNC(=O)NC3CCCCC3)ccc2o1. The van der Waals surface area contributed by atoms with Gasteiger partial charge in [-0.15, -0.1) is 0 Å². The van der Waals surface area contributed by atoms with E-state index in [1.807, 2.05) is 0 Å². The second kappa shape index (κ2) is 7.33. The number of hydrogen-bond acceptors (Lipinski definition) is 4. The van der Waals surface area contributed by atoms with E-state index in [2.05, 4.69) is 20.9 Å². The van der Waals surface area contributed by atoms with Crippen LogP contribution in [-0.4, -0.2) is 29.5 Å². The van der Waals surface area contributed by atoms with Crippen molar-refractivity contribution < 1.29 is 14.0 Å². The molecule has 3 amide bonds. The Morgan fingerprint density at radius 3 is 2.83 bits per heavy atom. The third-order valence-electron chi connectivity index (χ3n) is 4.13. The number of amides is 3. The number of rotatable bonds is 4. The molecule has 0 saturated heterocycles. The van der Waals surface area contributed by atoms with Gasteiger partial charge in [-0.25, -0.2) is 9.78 Å². The summed E-state index contributed by atoms with van der Waals surface area (Å²) in [4.78, 5) is 28.0. The molecule has 1 fully saturated rings. The van der Waals surface area contributed by atoms with Crippen LogP contribution < -0.4 is 16.0 Å². The average molecular weight is 330 g/mol. The van der Waals surface area contributed by atoms with Gasteiger partial charge in [0, 0.05) is 18.7 Å². The maximum atomic E-state index is 12.0. The number of hydrogen-bond donors (Lipinski definition) is 3. The highest BCUT2D eigenvalue weighted by Gasteiger charge is 2.16. The Labute approximate surface area is 140 Å². The molecule has 0 bridgehead atoms. The van der Waals surface area contributed by atoms with Crippen molar-refractivity contribution in [1.29, 1.82) is 0 Å². The Balaban J connectivity index is 1.46. The number of carbonyl (C=O) groups excluding carboxylic acids is 2. The minimum absolute atomic E-state index is 0.0750. The number of urea groups is 1. The molecule has 24 heavy (non-hydrogen) atoms. The maximum Gasteiger partial charge on any atom is 0.315 e. The van der Waals surface area contributed by atoms with Gasteiger partial charge in [-0.05, 0) is 31.0 Å². The summed E-state index contributed by atoms with van der Waals surface area (Å²) in [6.07, 6.45) is 5.55. The normalized spacial score (nSPS) is 15.2. The molecule has 7 nitrogen and oxygen atoms in total. The molecule has 1 aliphatic carbocycles. The highest BCUT2D eigenvalue weighted by molar-refractivity contribution is 5.95. The first-order chi connectivity index (χ1) is 11.6. The summed E-state index contributed by atoms with van der Waals surface area (Å²) in [7, 11) is 0. The number of nitrogens with one attached hydrogen (secondary N) is 3. The van der Waals surface area contributed by atoms with Crippen molar-refractivity contribution in [3.05, 3.63) is 24.1 Å². The second-order valence-electron chi connectivity index (χ2n) is 6.13. The Morgan fingerprint density at radius 2 is 2.04 bits per heavy atom. The molecule has 1 aromatic carbocycles. The predicted octanol–water partition coefficient (Wildman–Crippen LogP) is 2.71. The zero-order valence-electron chi connectivity index (χ0n) is 13.7. The molecule has 0 atom stereocenters. The van der Waals surface area contributed by atoms with Gasteiger partial charge in [-0.2, -0.15) is 0 Å². The number of aryl methyl sites for hydroxylation is 1. The minimum atomic E-state index is -0.292. The summed E-state index contributed by atoms with van der Waals surface area (Å²) in [6.45, 7) is 1.70. The summed E-state index contributed by atoms with van der Waals surface area (Å²) in [5.74, 6) is 0.294. The van der Waals surface area contributed by atoms with Crippen LogP contribution >= 0.6 is 0 Å². The number of anilines is 1. The highest BCUT2D eigenvalue weighted by Crippen LogP contribution is 2.19. The van der Waals surface area contributed by atoms with Crippen LogP contribution in [0.2, 0.25) is 0 Å². The summed E-state index contributed by atoms with van der Waals surface area (Å²) in [5.41, 5.74) is 1.99. The first-order valence-electron chi connectivity index (χ1n) is 8.31. The predicted molar refractivity (Wildman–Crippen MR) is 90.8 cm³/mol. The smallest absolute Gasteiger partial charge is 0.315 e. The molecule has 1 aliphatic rings. The van der Waals surface area contributed by atoms with E-state index in [1.165, 1.54) is 6.42 Å². The largest absolute Gasteiger partial charge is 0.441 e. The lowest BCUT2D eigenvalue weighted by Gasteiger charge is -2.22. The van der Waals surface area contributed by atoms with Crippen molar-refractivity contribution in [3.63, 3.8) is 0 Å². The van der Waals surface area contributed by atoms with Crippen LogP contribution in [0.5, 0.6) is 0 Å². The van der Waals surface area contributed by atoms with Gasteiger partial charge < -0.3 is 20.4 Å². The lowest BCUT2D eigenvalue weighted by Crippen LogP contribution is -2.45. The van der Waals surface area contributed by atoms with E-state index in [-0.39, 0.29) is 24.5 Å². The monoisotopic (exact) mass is 330 g/mol. The minimum Gasteiger partial charge on any atom is -0.441 e. The lowest BCUT2D eigenvalue weighted by atomic mass is 9.96. The molecule has 7 heteroatoms. The van der Waals surface area contributed by atoms with E-state index in [9.17, 15) is 9.59 Å². The molecule has 0 aliphatic heterocycles. The van der Waals surface area contributed by atoms with Crippen molar-refractivity contribution in [2.24, 2.45) is 0 Å². The van der Waals surface area contributed by atoms with Gasteiger partial charge in [0.05, 0.1) is 6.54 Å². The Kier molecular flexibility index (Phi) is 4.98. The molecule has 0 radical (unpaired) electrons. The molecular formula is C17H22N4O3. The van der Waals surface area contributed by atoms with Gasteiger partial charge in [0.15, 0.2) is 11.5 Å². The molecule has 128 valence electrons. The number of carbonyl (C=O) groups is 2. The first kappa shape index (κ1) is 16.3. The highest BCUT2D eigenvalue weighted by atomic mass is 16.3. The van der Waals surface area contributed by atoms with Crippen molar-refractivity contribution in [3.8, 4) is 0 Å². The van der Waals surface area contributed by atoms with Crippen LogP contribution in [0.3, 0.4) is 0 Å². The lowest BCUT2D eigenvalue weighted by molar-refractivity contribution is -0.115. The van der Waals surface area contributed by atoms with E-state index in [0.717, 1.165) is 25.7 Å². The molecular weight excluding hydrogens is 308 g/mol. The van der Waals surface area contributed by atoms with Gasteiger partial charge in [0.2, 0.25) is 5.91 Å². The van der Waals surface area contributed by atoms with Gasteiger partial charge in [0.1, 0.15) is 5.52 Å². The molecule has 3 N–H and O–H groups in total. The molecule has 3 rings (SSSR count). The van der Waals surface area contributed by atoms with Gasteiger partial charge in [0.25, 0.3) is 0 Å². The van der Waals surface area contributed by atoms with Crippen molar-refractivity contribution in [2.45, 2.75) is 45.1 Å². The number of fused-ring (bicyclic) bond motifs is 1. The van der Waals surface area contributed by atoms with Crippen molar-refractivity contribution in [1.82, 2.24) is 15.6 Å². The van der Waals surface area contributed by atoms with Crippen LogP contribution in [0, 0.1) is 6.92 Å². The Bertz CT molecular complexity index is 735. The fourth-order valence-corrected chi connectivity index (χ4v) is 2.97. The Morgan fingerprint density at radius 1 is 1.25 bits per heavy atom. The van der Waals surface area contributed by atoms with Crippen LogP contribution in [0.15, 0.2) is 22.6 Å². The van der Waals surface area contributed by atoms with Gasteiger partial charge in [-0.1, -0.05) is 19.3 Å². The number of benzene rings is 1. The summed E-state index contributed by atoms with van der Waals surface area (Å²) in [5, 5.41) is 8.25. The average Bonchev–Trinajstić information content (AvgIpc) is 2.93. The fourth-order valence-electron chi connectivity index (χ4n) is 2.97. The third-order valence-corrected chi connectivity index (χ3v) is 4.13. The summed E-state index contributed by atoms with van der Waals surface area (Å²) < 4.78 is 5.39. The molecule has 0 spiro atoms. The van der Waals surface area contributed by atoms with Gasteiger partial charge in [-0.3, -0.25) is 4.79 Å². The molecule has 0 unspecified atom stereocenters. The van der Waals surface area contributed by atoms with Crippen molar-refractivity contribution in [2.75, 3.05) is 11.9 Å². The van der Waals surface area contributed by atoms with Crippen LogP contribution in [-0.2, 0) is 4.79 Å². The van der Waals surface area contributed by atoms with E-state index in [4.69, 9.17) is 4.42 Å². The second-order valence-corrected chi connectivity index (χ2v) is 6.13. The Hall–Kier alpha value is -2.57. The molecule has 1 aromatic heterocycles. The number of nitrogens with zero attached hydrogens (tertiary/aromatic N) is 1. The molecule has 2 aromatic rings. The molecule has 1 heterocycles. The topological polar surface area (TPSA) is 96.3 Å². The van der Waals surface area contributed by atoms with Crippen molar-refractivity contribution >= 4 is 28.7 Å². The van der Waals surface area contributed by atoms with Crippen LogP contribution in [0.25, 0.3) is 11.1 Å². The van der Waals surface area contributed by atoms with Crippen LogP contribution in [0.4, 0.5) is 10.5 Å². The standard InChI is InChI=1S/C17H22N4O3/c1-11-19-14-9-13(7-8-15(14)24-11)20-16(22)10-18-17(23)21-12-5-3-2-4-6-12/h7-9,12H,2-6,10H2,1H3,(H,20,22)(H2,18,21,23). The summed E-state index contributed by atoms with van der Waals surface area (Å²) >= 11 is 0. The van der Waals surface area contributed by atoms with E-state index in [1.54, 1.807) is 25.1 Å². The quantitative estimate of drug-likeness (QED) is 0.803. The third kappa shape index (κ3) is 4.24. The number of aromatic nitrogens is 1. The first-order valence-corrected chi connectivity index (χ1v) is 8.31. The fraction of sp³-hybridized carbons (Fsp3) is 0.471. The maximum absolute atomic E-state index is 12.0. The van der Waals surface area contributed by atoms with E-state index in [0.29, 0.717) is 22.7 Å². The van der Waals surface area contributed by atoms with Gasteiger partial charge >= 0.3 is 6.03 Å². The molecule has 1 saturated carbocycles.